The van der Waals surface area contributed by atoms with E-state index in [2.05, 4.69) is 6.58 Å². The summed E-state index contributed by atoms with van der Waals surface area (Å²) in [5.74, 6) is -0.869. The summed E-state index contributed by atoms with van der Waals surface area (Å²) in [6, 6.07) is 2.91. The first kappa shape index (κ1) is 14.9. The van der Waals surface area contributed by atoms with Crippen molar-refractivity contribution in [2.75, 3.05) is 0 Å². The number of unbranched alkanes of at least 4 members (excludes halogenated alkanes) is 5. The molecule has 0 unspecified atom stereocenters. The lowest BCUT2D eigenvalue weighted by Crippen LogP contribution is -1.94. The van der Waals surface area contributed by atoms with Crippen LogP contribution in [-0.2, 0) is 6.42 Å². The Labute approximate surface area is 109 Å². The molecule has 0 aliphatic heterocycles. The maximum Gasteiger partial charge on any atom is 0.129 e. The van der Waals surface area contributed by atoms with Crippen molar-refractivity contribution in [2.24, 2.45) is 0 Å². The minimum Gasteiger partial charge on any atom is -0.207 e. The van der Waals surface area contributed by atoms with Crippen molar-refractivity contribution < 1.29 is 8.78 Å². The largest absolute Gasteiger partial charge is 0.207 e. The third kappa shape index (κ3) is 4.99. The Hall–Kier alpha value is -1.18. The number of halogens is 2. The maximum absolute atomic E-state index is 13.3. The van der Waals surface area contributed by atoms with Gasteiger partial charge in [-0.25, -0.2) is 8.78 Å². The number of aryl methyl sites for hydroxylation is 1. The predicted octanol–water partition coefficient (Wildman–Crippen LogP) is 5.34. The highest BCUT2D eigenvalue weighted by atomic mass is 19.1. The van der Waals surface area contributed by atoms with E-state index in [1.54, 1.807) is 0 Å². The van der Waals surface area contributed by atoms with E-state index in [1.807, 2.05) is 6.08 Å². The van der Waals surface area contributed by atoms with Gasteiger partial charge in [-0.1, -0.05) is 25.3 Å². The van der Waals surface area contributed by atoms with Crippen LogP contribution in [0.25, 0.3) is 0 Å². The molecule has 1 rings (SSSR count). The molecule has 2 heteroatoms. The lowest BCUT2D eigenvalue weighted by Gasteiger charge is -2.05. The first-order valence-corrected chi connectivity index (χ1v) is 6.70. The van der Waals surface area contributed by atoms with Crippen molar-refractivity contribution in [3.63, 3.8) is 0 Å². The minimum atomic E-state index is -0.434. The highest BCUT2D eigenvalue weighted by Crippen LogP contribution is 2.16. The van der Waals surface area contributed by atoms with Gasteiger partial charge >= 0.3 is 0 Å². The summed E-state index contributed by atoms with van der Waals surface area (Å²) in [5.41, 5.74) is 0.880. The molecule has 0 aromatic heterocycles. The molecule has 0 saturated carbocycles. The highest BCUT2D eigenvalue weighted by molar-refractivity contribution is 5.25. The molecule has 0 amide bonds. The third-order valence-corrected chi connectivity index (χ3v) is 3.21. The van der Waals surface area contributed by atoms with Crippen molar-refractivity contribution in [2.45, 2.75) is 51.9 Å². The van der Waals surface area contributed by atoms with Crippen molar-refractivity contribution in [1.29, 1.82) is 0 Å². The summed E-state index contributed by atoms with van der Waals surface area (Å²) in [6.07, 6.45) is 9.48. The first-order valence-electron chi connectivity index (χ1n) is 6.70. The van der Waals surface area contributed by atoms with Crippen LogP contribution in [0.3, 0.4) is 0 Å². The predicted molar refractivity (Wildman–Crippen MR) is 72.7 cm³/mol. The first-order chi connectivity index (χ1) is 8.65. The topological polar surface area (TPSA) is 0 Å². The lowest BCUT2D eigenvalue weighted by atomic mass is 10.0. The quantitative estimate of drug-likeness (QED) is 0.432. The van der Waals surface area contributed by atoms with Crippen LogP contribution in [0.4, 0.5) is 8.78 Å². The molecule has 0 nitrogen and oxygen atoms in total. The average molecular weight is 252 g/mol. The van der Waals surface area contributed by atoms with Crippen LogP contribution < -0.4 is 0 Å². The zero-order valence-corrected chi connectivity index (χ0v) is 11.1. The van der Waals surface area contributed by atoms with Gasteiger partial charge in [-0.2, -0.15) is 0 Å². The zero-order valence-electron chi connectivity index (χ0n) is 11.1. The monoisotopic (exact) mass is 252 g/mol. The molecule has 0 N–H and O–H groups in total. The standard InChI is InChI=1S/C16H22F2/c1-3-4-5-6-7-8-9-10-14-11-15(17)13(2)16(18)12-14/h3,11-12H,1,4-10H2,2H3. The molecule has 0 fully saturated rings. The van der Waals surface area contributed by atoms with Crippen molar-refractivity contribution in [3.05, 3.63) is 47.5 Å². The van der Waals surface area contributed by atoms with Crippen LogP contribution in [-0.4, -0.2) is 0 Å². The molecular weight excluding hydrogens is 230 g/mol. The fraction of sp³-hybridized carbons (Fsp3) is 0.500. The molecule has 0 aliphatic rings. The fourth-order valence-electron chi connectivity index (χ4n) is 1.99. The van der Waals surface area contributed by atoms with E-state index in [-0.39, 0.29) is 5.56 Å². The van der Waals surface area contributed by atoms with Crippen LogP contribution in [0, 0.1) is 18.6 Å². The summed E-state index contributed by atoms with van der Waals surface area (Å²) in [4.78, 5) is 0. The molecule has 0 atom stereocenters. The van der Waals surface area contributed by atoms with Gasteiger partial charge in [0.05, 0.1) is 0 Å². The molecule has 0 radical (unpaired) electrons. The molecule has 0 spiro atoms. The Morgan fingerprint density at radius 2 is 1.56 bits per heavy atom. The van der Waals surface area contributed by atoms with Crippen LogP contribution in [0.5, 0.6) is 0 Å². The van der Waals surface area contributed by atoms with Gasteiger partial charge in [0, 0.05) is 5.56 Å². The fourth-order valence-corrected chi connectivity index (χ4v) is 1.99. The third-order valence-electron chi connectivity index (χ3n) is 3.21. The Balaban J connectivity index is 2.25. The Bertz CT molecular complexity index is 360. The van der Waals surface area contributed by atoms with E-state index in [0.717, 1.165) is 31.2 Å². The van der Waals surface area contributed by atoms with Crippen molar-refractivity contribution in [1.82, 2.24) is 0 Å². The number of hydrogen-bond donors (Lipinski definition) is 0. The summed E-state index contributed by atoms with van der Waals surface area (Å²) >= 11 is 0. The van der Waals surface area contributed by atoms with Crippen LogP contribution in [0.1, 0.15) is 49.7 Å². The Kier molecular flexibility index (Phi) is 6.63. The van der Waals surface area contributed by atoms with Crippen LogP contribution in [0.15, 0.2) is 24.8 Å². The maximum atomic E-state index is 13.3. The molecule has 0 bridgehead atoms. The van der Waals surface area contributed by atoms with Gasteiger partial charge < -0.3 is 0 Å². The number of rotatable bonds is 8. The molecule has 0 aliphatic carbocycles. The molecule has 18 heavy (non-hydrogen) atoms. The van der Waals surface area contributed by atoms with E-state index in [1.165, 1.54) is 38.3 Å². The summed E-state index contributed by atoms with van der Waals surface area (Å²) in [7, 11) is 0. The van der Waals surface area contributed by atoms with E-state index < -0.39 is 11.6 Å². The van der Waals surface area contributed by atoms with E-state index in [9.17, 15) is 8.78 Å². The Morgan fingerprint density at radius 1 is 1.00 bits per heavy atom. The second-order valence-corrected chi connectivity index (χ2v) is 4.78. The second kappa shape index (κ2) is 8.02. The van der Waals surface area contributed by atoms with Gasteiger partial charge in [0.1, 0.15) is 11.6 Å². The van der Waals surface area contributed by atoms with Gasteiger partial charge in [0.2, 0.25) is 0 Å². The van der Waals surface area contributed by atoms with Crippen LogP contribution >= 0.6 is 0 Å². The zero-order chi connectivity index (χ0) is 13.4. The van der Waals surface area contributed by atoms with Gasteiger partial charge in [-0.05, 0) is 50.3 Å². The number of benzene rings is 1. The molecule has 100 valence electrons. The van der Waals surface area contributed by atoms with Gasteiger partial charge in [0.25, 0.3) is 0 Å². The average Bonchev–Trinajstić information content (AvgIpc) is 2.34. The van der Waals surface area contributed by atoms with E-state index in [4.69, 9.17) is 0 Å². The smallest absolute Gasteiger partial charge is 0.129 e. The van der Waals surface area contributed by atoms with Crippen LogP contribution in [0.2, 0.25) is 0 Å². The van der Waals surface area contributed by atoms with Crippen molar-refractivity contribution >= 4 is 0 Å². The summed E-state index contributed by atoms with van der Waals surface area (Å²) in [5, 5.41) is 0. The SMILES string of the molecule is C=CCCCCCCCc1cc(F)c(C)c(F)c1. The molecule has 0 heterocycles. The normalized spacial score (nSPS) is 10.6. The highest BCUT2D eigenvalue weighted by Gasteiger charge is 2.06. The number of hydrogen-bond acceptors (Lipinski definition) is 0. The lowest BCUT2D eigenvalue weighted by molar-refractivity contribution is 0.561. The summed E-state index contributed by atoms with van der Waals surface area (Å²) in [6.45, 7) is 5.15. The second-order valence-electron chi connectivity index (χ2n) is 4.78. The molecule has 1 aromatic carbocycles. The molecule has 0 saturated heterocycles. The number of allylic oxidation sites excluding steroid dienone is 1. The molecule has 1 aromatic rings. The van der Waals surface area contributed by atoms with Crippen molar-refractivity contribution in [3.8, 4) is 0 Å². The van der Waals surface area contributed by atoms with Gasteiger partial charge in [0.15, 0.2) is 0 Å². The van der Waals surface area contributed by atoms with Gasteiger partial charge in [-0.15, -0.1) is 6.58 Å². The van der Waals surface area contributed by atoms with E-state index >= 15 is 0 Å². The Morgan fingerprint density at radius 3 is 2.17 bits per heavy atom. The van der Waals surface area contributed by atoms with Gasteiger partial charge in [-0.3, -0.25) is 0 Å². The summed E-state index contributed by atoms with van der Waals surface area (Å²) < 4.78 is 26.6. The van der Waals surface area contributed by atoms with E-state index in [0.29, 0.717) is 0 Å². The molecular formula is C16H22F2. The minimum absolute atomic E-state index is 0.114.